The molecule has 0 unspecified atom stereocenters. The van der Waals surface area contributed by atoms with Crippen LogP contribution in [-0.4, -0.2) is 30.2 Å². The topological polar surface area (TPSA) is 81.5 Å². The molecular formula is C28H25F3N6O. The van der Waals surface area contributed by atoms with Crippen LogP contribution in [0.3, 0.4) is 0 Å². The number of fused-ring (bicyclic) bond motifs is 1. The molecule has 0 amide bonds. The Morgan fingerprint density at radius 1 is 0.895 bits per heavy atom. The molecule has 1 N–H and O–H groups in total. The number of nitrogens with one attached hydrogen (secondary N) is 1. The second-order valence-corrected chi connectivity index (χ2v) is 9.64. The largest absolute Gasteiger partial charge is 0.489 e. The third-order valence-corrected chi connectivity index (χ3v) is 7.15. The van der Waals surface area contributed by atoms with Gasteiger partial charge in [-0.1, -0.05) is 43.5 Å². The quantitative estimate of drug-likeness (QED) is 0.267. The zero-order valence-electron chi connectivity index (χ0n) is 20.5. The molecule has 1 saturated carbocycles. The Morgan fingerprint density at radius 3 is 2.50 bits per heavy atom. The number of tetrazole rings is 1. The Morgan fingerprint density at radius 2 is 1.71 bits per heavy atom. The number of hydrogen-bond acceptors (Lipinski definition) is 5. The van der Waals surface area contributed by atoms with Gasteiger partial charge in [0.05, 0.1) is 16.6 Å². The highest BCUT2D eigenvalue weighted by atomic mass is 19.2. The van der Waals surface area contributed by atoms with Gasteiger partial charge in [0.25, 0.3) is 0 Å². The van der Waals surface area contributed by atoms with Gasteiger partial charge in [-0.3, -0.25) is 0 Å². The van der Waals surface area contributed by atoms with Crippen LogP contribution in [-0.2, 0) is 13.2 Å². The second kappa shape index (κ2) is 10.3. The SMILES string of the molecule is Fc1cc2nc(-c3ccccc3COc3ccc(-c4nnn[nH]4)c(F)c3)n(CC3CCCCC3)c2cc1F. The molecule has 0 aliphatic heterocycles. The summed E-state index contributed by atoms with van der Waals surface area (Å²) in [5.74, 6) is -0.691. The minimum Gasteiger partial charge on any atom is -0.489 e. The lowest BCUT2D eigenvalue weighted by atomic mass is 9.89. The smallest absolute Gasteiger partial charge is 0.182 e. The fourth-order valence-corrected chi connectivity index (χ4v) is 5.21. The minimum atomic E-state index is -0.922. The first-order chi connectivity index (χ1) is 18.6. The van der Waals surface area contributed by atoms with Crippen molar-refractivity contribution in [1.29, 1.82) is 0 Å². The summed E-state index contributed by atoms with van der Waals surface area (Å²) in [5.41, 5.74) is 2.83. The van der Waals surface area contributed by atoms with Crippen molar-refractivity contribution in [3.05, 3.63) is 77.6 Å². The minimum absolute atomic E-state index is 0.147. The van der Waals surface area contributed by atoms with Crippen LogP contribution in [0.25, 0.3) is 33.8 Å². The summed E-state index contributed by atoms with van der Waals surface area (Å²) in [4.78, 5) is 4.74. The standard InChI is InChI=1S/C28H25F3N6O/c29-22-12-19(10-11-21(22)27-33-35-36-34-27)38-16-18-8-4-5-9-20(18)28-32-25-13-23(30)24(31)14-26(25)37(28)15-17-6-2-1-3-7-17/h4-5,8-14,17H,1-3,6-7,15-16H2,(H,33,34,35,36). The van der Waals surface area contributed by atoms with Crippen LogP contribution in [0.4, 0.5) is 13.2 Å². The average molecular weight is 519 g/mol. The summed E-state index contributed by atoms with van der Waals surface area (Å²) in [7, 11) is 0. The normalized spacial score (nSPS) is 14.3. The van der Waals surface area contributed by atoms with Gasteiger partial charge in [-0.2, -0.15) is 0 Å². The Hall–Kier alpha value is -4.21. The molecule has 194 valence electrons. The summed E-state index contributed by atoms with van der Waals surface area (Å²) in [5, 5.41) is 13.2. The lowest BCUT2D eigenvalue weighted by molar-refractivity contribution is 0.305. The molecule has 0 bridgehead atoms. The number of H-pyrrole nitrogens is 1. The molecule has 1 aliphatic rings. The highest BCUT2D eigenvalue weighted by molar-refractivity contribution is 5.81. The maximum Gasteiger partial charge on any atom is 0.182 e. The van der Waals surface area contributed by atoms with E-state index in [1.807, 2.05) is 28.8 Å². The van der Waals surface area contributed by atoms with E-state index in [1.54, 1.807) is 12.1 Å². The number of ether oxygens (including phenoxy) is 1. The van der Waals surface area contributed by atoms with E-state index in [1.165, 1.54) is 31.4 Å². The maximum absolute atomic E-state index is 14.7. The van der Waals surface area contributed by atoms with Crippen molar-refractivity contribution in [3.8, 4) is 28.5 Å². The van der Waals surface area contributed by atoms with E-state index in [-0.39, 0.29) is 18.0 Å². The van der Waals surface area contributed by atoms with Crippen LogP contribution >= 0.6 is 0 Å². The van der Waals surface area contributed by atoms with Gasteiger partial charge in [0.1, 0.15) is 24.0 Å². The van der Waals surface area contributed by atoms with E-state index >= 15 is 0 Å². The Bertz CT molecular complexity index is 1580. The molecular weight excluding hydrogens is 493 g/mol. The maximum atomic E-state index is 14.7. The average Bonchev–Trinajstić information content (AvgIpc) is 3.58. The second-order valence-electron chi connectivity index (χ2n) is 9.64. The van der Waals surface area contributed by atoms with E-state index in [4.69, 9.17) is 9.72 Å². The van der Waals surface area contributed by atoms with Crippen LogP contribution in [0.2, 0.25) is 0 Å². The zero-order valence-corrected chi connectivity index (χ0v) is 20.5. The van der Waals surface area contributed by atoms with Crippen LogP contribution in [0.15, 0.2) is 54.6 Å². The van der Waals surface area contributed by atoms with E-state index in [0.29, 0.717) is 35.1 Å². The van der Waals surface area contributed by atoms with Crippen molar-refractivity contribution < 1.29 is 17.9 Å². The summed E-state index contributed by atoms with van der Waals surface area (Å²) < 4.78 is 51.0. The van der Waals surface area contributed by atoms with Gasteiger partial charge in [0.2, 0.25) is 0 Å². The highest BCUT2D eigenvalue weighted by Gasteiger charge is 2.22. The molecule has 38 heavy (non-hydrogen) atoms. The lowest BCUT2D eigenvalue weighted by Crippen LogP contribution is -2.15. The van der Waals surface area contributed by atoms with Crippen LogP contribution in [0.5, 0.6) is 5.75 Å². The molecule has 3 aromatic carbocycles. The van der Waals surface area contributed by atoms with Crippen molar-refractivity contribution in [2.24, 2.45) is 5.92 Å². The van der Waals surface area contributed by atoms with Gasteiger partial charge in [-0.05, 0) is 41.3 Å². The number of nitrogens with zero attached hydrogens (tertiary/aromatic N) is 5. The molecule has 0 saturated heterocycles. The predicted octanol–water partition coefficient (Wildman–Crippen LogP) is 6.46. The fourth-order valence-electron chi connectivity index (χ4n) is 5.21. The van der Waals surface area contributed by atoms with Crippen LogP contribution in [0.1, 0.15) is 37.7 Å². The molecule has 1 aliphatic carbocycles. The summed E-state index contributed by atoms with van der Waals surface area (Å²) >= 11 is 0. The van der Waals surface area contributed by atoms with Gasteiger partial charge in [-0.15, -0.1) is 5.10 Å². The zero-order chi connectivity index (χ0) is 26.1. The molecule has 5 aromatic rings. The number of halogens is 3. The van der Waals surface area contributed by atoms with E-state index in [9.17, 15) is 13.2 Å². The van der Waals surface area contributed by atoms with Gasteiger partial charge in [0, 0.05) is 35.9 Å². The van der Waals surface area contributed by atoms with Crippen molar-refractivity contribution in [3.63, 3.8) is 0 Å². The van der Waals surface area contributed by atoms with E-state index in [0.717, 1.165) is 30.0 Å². The highest BCUT2D eigenvalue weighted by Crippen LogP contribution is 2.33. The Balaban J connectivity index is 1.33. The van der Waals surface area contributed by atoms with Crippen molar-refractivity contribution in [2.75, 3.05) is 0 Å². The van der Waals surface area contributed by atoms with Crippen molar-refractivity contribution >= 4 is 11.0 Å². The first-order valence-electron chi connectivity index (χ1n) is 12.7. The predicted molar refractivity (Wildman–Crippen MR) is 136 cm³/mol. The molecule has 6 rings (SSSR count). The summed E-state index contributed by atoms with van der Waals surface area (Å²) in [6.45, 7) is 0.823. The third-order valence-electron chi connectivity index (χ3n) is 7.15. The Labute approximate surface area is 216 Å². The molecule has 0 spiro atoms. The third kappa shape index (κ3) is 4.73. The van der Waals surface area contributed by atoms with Gasteiger partial charge in [-0.25, -0.2) is 23.3 Å². The fraction of sp³-hybridized carbons (Fsp3) is 0.286. The summed E-state index contributed by atoms with van der Waals surface area (Å²) in [6.07, 6.45) is 5.76. The van der Waals surface area contributed by atoms with Gasteiger partial charge in [0.15, 0.2) is 17.5 Å². The molecule has 10 heteroatoms. The van der Waals surface area contributed by atoms with Crippen molar-refractivity contribution in [1.82, 2.24) is 30.2 Å². The number of hydrogen-bond donors (Lipinski definition) is 1. The lowest BCUT2D eigenvalue weighted by Gasteiger charge is -2.23. The number of aromatic amines is 1. The first kappa shape index (κ1) is 24.1. The van der Waals surface area contributed by atoms with Crippen molar-refractivity contribution in [2.45, 2.75) is 45.3 Å². The summed E-state index contributed by atoms with van der Waals surface area (Å²) in [6, 6.07) is 14.5. The number of aromatic nitrogens is 6. The van der Waals surface area contributed by atoms with Crippen LogP contribution < -0.4 is 4.74 Å². The number of benzene rings is 3. The van der Waals surface area contributed by atoms with E-state index in [2.05, 4.69) is 20.6 Å². The molecule has 2 heterocycles. The molecule has 0 atom stereocenters. The molecule has 2 aromatic heterocycles. The first-order valence-corrected chi connectivity index (χ1v) is 12.7. The van der Waals surface area contributed by atoms with Gasteiger partial charge < -0.3 is 9.30 Å². The molecule has 7 nitrogen and oxygen atoms in total. The number of imidazole rings is 1. The number of rotatable bonds is 7. The molecule has 0 radical (unpaired) electrons. The van der Waals surface area contributed by atoms with E-state index < -0.39 is 17.5 Å². The van der Waals surface area contributed by atoms with Crippen LogP contribution in [0, 0.1) is 23.4 Å². The Kier molecular flexibility index (Phi) is 6.53. The molecule has 1 fully saturated rings. The van der Waals surface area contributed by atoms with Gasteiger partial charge >= 0.3 is 0 Å². The monoisotopic (exact) mass is 518 g/mol.